The van der Waals surface area contributed by atoms with Crippen molar-refractivity contribution in [2.24, 2.45) is 5.41 Å². The van der Waals surface area contributed by atoms with Gasteiger partial charge < -0.3 is 30.2 Å². The minimum atomic E-state index is -0.260. The average molecular weight is 669 g/mol. The van der Waals surface area contributed by atoms with Crippen molar-refractivity contribution in [1.82, 2.24) is 30.9 Å². The Labute approximate surface area is 283 Å². The molecule has 0 saturated heterocycles. The maximum atomic E-state index is 6.16. The third kappa shape index (κ3) is 14.3. The molecule has 0 spiro atoms. The molecule has 3 N–H and O–H groups in total. The van der Waals surface area contributed by atoms with Crippen LogP contribution in [0.2, 0.25) is 0 Å². The zero-order valence-electron chi connectivity index (χ0n) is 25.9. The predicted octanol–water partition coefficient (Wildman–Crippen LogP) is 4.68. The van der Waals surface area contributed by atoms with Crippen LogP contribution in [0.4, 0.5) is 0 Å². The molecule has 0 amide bonds. The number of ether oxygens (including phenoxy) is 3. The molecule has 0 atom stereocenters. The Morgan fingerprint density at radius 3 is 1.18 bits per heavy atom. The summed E-state index contributed by atoms with van der Waals surface area (Å²) >= 11 is 16.3. The first-order chi connectivity index (χ1) is 22.0. The quantitative estimate of drug-likeness (QED) is 0.102. The molecule has 0 saturated carbocycles. The number of aromatic nitrogens is 3. The molecule has 0 aliphatic heterocycles. The monoisotopic (exact) mass is 668 g/mol. The molecule has 3 aromatic heterocycles. The summed E-state index contributed by atoms with van der Waals surface area (Å²) in [6, 6.07) is 17.1. The summed E-state index contributed by atoms with van der Waals surface area (Å²) in [5.41, 5.74) is 2.06. The topological polar surface area (TPSA) is 102 Å². The summed E-state index contributed by atoms with van der Waals surface area (Å²) in [4.78, 5) is 14.8. The van der Waals surface area contributed by atoms with Crippen LogP contribution in [0.3, 0.4) is 0 Å². The summed E-state index contributed by atoms with van der Waals surface area (Å²) in [5, 5.41) is 9.77. The molecule has 45 heavy (non-hydrogen) atoms. The molecular formula is C33H44N6O3S3. The standard InChI is InChI=1S/C33H44N6O3S3/c1-2-33(24-40-21-9-18-37-30(43)27-12-3-6-15-34-27,25-41-22-10-19-38-31(44)28-13-4-7-16-35-28)26-42-23-11-20-39-32(45)29-14-5-8-17-36-29/h3-8,12-17H,2,9-11,18-26H2,1H3,(H,37,43)(H,38,44)(H,39,45). The van der Waals surface area contributed by atoms with E-state index in [-0.39, 0.29) is 5.41 Å². The number of thiocarbonyl (C=S) groups is 3. The van der Waals surface area contributed by atoms with Gasteiger partial charge in [0, 0.05) is 63.5 Å². The fourth-order valence-corrected chi connectivity index (χ4v) is 4.86. The van der Waals surface area contributed by atoms with Crippen molar-refractivity contribution >= 4 is 51.6 Å². The van der Waals surface area contributed by atoms with E-state index in [1.807, 2.05) is 54.6 Å². The van der Waals surface area contributed by atoms with Crippen LogP contribution in [0.5, 0.6) is 0 Å². The smallest absolute Gasteiger partial charge is 0.125 e. The van der Waals surface area contributed by atoms with Crippen molar-refractivity contribution in [3.63, 3.8) is 0 Å². The van der Waals surface area contributed by atoms with E-state index in [0.717, 1.165) is 42.8 Å². The molecule has 0 fully saturated rings. The number of pyridine rings is 3. The van der Waals surface area contributed by atoms with Gasteiger partial charge in [0.05, 0.1) is 36.9 Å². The van der Waals surface area contributed by atoms with Crippen LogP contribution in [0, 0.1) is 5.41 Å². The highest BCUT2D eigenvalue weighted by molar-refractivity contribution is 7.81. The van der Waals surface area contributed by atoms with Crippen molar-refractivity contribution in [1.29, 1.82) is 0 Å². The summed E-state index contributed by atoms with van der Waals surface area (Å²) < 4.78 is 18.5. The Morgan fingerprint density at radius 2 is 0.911 bits per heavy atom. The highest BCUT2D eigenvalue weighted by Gasteiger charge is 2.29. The van der Waals surface area contributed by atoms with Gasteiger partial charge in [-0.05, 0) is 62.1 Å². The molecule has 12 heteroatoms. The molecule has 0 bridgehead atoms. The highest BCUT2D eigenvalue weighted by Crippen LogP contribution is 2.24. The minimum absolute atomic E-state index is 0.260. The fourth-order valence-electron chi connectivity index (χ4n) is 4.19. The first-order valence-electron chi connectivity index (χ1n) is 15.3. The van der Waals surface area contributed by atoms with Crippen molar-refractivity contribution in [3.05, 3.63) is 90.3 Å². The molecule has 242 valence electrons. The second-order valence-corrected chi connectivity index (χ2v) is 11.7. The van der Waals surface area contributed by atoms with E-state index in [2.05, 4.69) is 37.8 Å². The molecule has 3 rings (SSSR count). The molecule has 3 aromatic rings. The first-order valence-corrected chi connectivity index (χ1v) is 16.6. The van der Waals surface area contributed by atoms with Crippen LogP contribution in [-0.4, -0.2) is 89.2 Å². The summed E-state index contributed by atoms with van der Waals surface area (Å²) in [5.74, 6) is 0. The Balaban J connectivity index is 1.38. The zero-order chi connectivity index (χ0) is 32.0. The Bertz CT molecular complexity index is 1120. The Morgan fingerprint density at radius 1 is 0.578 bits per heavy atom. The van der Waals surface area contributed by atoms with Gasteiger partial charge in [0.1, 0.15) is 15.0 Å². The van der Waals surface area contributed by atoms with Gasteiger partial charge in [0.2, 0.25) is 0 Å². The molecule has 3 heterocycles. The number of hydrogen-bond acceptors (Lipinski definition) is 9. The fraction of sp³-hybridized carbons (Fsp3) is 0.455. The van der Waals surface area contributed by atoms with Crippen molar-refractivity contribution in [2.45, 2.75) is 32.6 Å². The lowest BCUT2D eigenvalue weighted by molar-refractivity contribution is -0.0719. The third-order valence-corrected chi connectivity index (χ3v) is 7.98. The Hall–Kier alpha value is -3.00. The third-order valence-electron chi connectivity index (χ3n) is 6.92. The van der Waals surface area contributed by atoms with Crippen LogP contribution >= 0.6 is 36.7 Å². The van der Waals surface area contributed by atoms with E-state index in [0.29, 0.717) is 74.2 Å². The lowest BCUT2D eigenvalue weighted by Crippen LogP contribution is -2.38. The molecule has 0 radical (unpaired) electrons. The SMILES string of the molecule is CCC(COCCCNC(=S)c1ccccn1)(COCCCNC(=S)c1ccccn1)COCCCNC(=S)c1ccccn1. The van der Waals surface area contributed by atoms with Gasteiger partial charge in [-0.1, -0.05) is 61.8 Å². The minimum Gasteiger partial charge on any atom is -0.381 e. The van der Waals surface area contributed by atoms with E-state index in [1.165, 1.54) is 0 Å². The lowest BCUT2D eigenvalue weighted by Gasteiger charge is -2.32. The molecular weight excluding hydrogens is 625 g/mol. The Kier molecular flexibility index (Phi) is 17.6. The summed E-state index contributed by atoms with van der Waals surface area (Å²) in [6.07, 6.45) is 8.53. The maximum absolute atomic E-state index is 6.16. The van der Waals surface area contributed by atoms with E-state index >= 15 is 0 Å². The molecule has 0 unspecified atom stereocenters. The normalized spacial score (nSPS) is 11.1. The number of rotatable bonds is 22. The van der Waals surface area contributed by atoms with Crippen LogP contribution in [0.1, 0.15) is 49.7 Å². The number of nitrogens with zero attached hydrogens (tertiary/aromatic N) is 3. The van der Waals surface area contributed by atoms with Gasteiger partial charge in [-0.25, -0.2) is 0 Å². The van der Waals surface area contributed by atoms with E-state index < -0.39 is 0 Å². The predicted molar refractivity (Wildman–Crippen MR) is 191 cm³/mol. The summed E-state index contributed by atoms with van der Waals surface area (Å²) in [6.45, 7) is 7.71. The number of hydrogen-bond donors (Lipinski definition) is 3. The first kappa shape index (κ1) is 36.5. The molecule has 9 nitrogen and oxygen atoms in total. The van der Waals surface area contributed by atoms with E-state index in [9.17, 15) is 0 Å². The van der Waals surface area contributed by atoms with Crippen LogP contribution in [-0.2, 0) is 14.2 Å². The lowest BCUT2D eigenvalue weighted by atomic mass is 9.88. The van der Waals surface area contributed by atoms with Crippen LogP contribution < -0.4 is 16.0 Å². The van der Waals surface area contributed by atoms with Crippen molar-refractivity contribution in [2.75, 3.05) is 59.3 Å². The maximum Gasteiger partial charge on any atom is 0.125 e. The zero-order valence-corrected chi connectivity index (χ0v) is 28.4. The molecule has 0 aliphatic rings. The van der Waals surface area contributed by atoms with Crippen molar-refractivity contribution < 1.29 is 14.2 Å². The largest absolute Gasteiger partial charge is 0.381 e. The van der Waals surface area contributed by atoms with Crippen LogP contribution in [0.25, 0.3) is 0 Å². The summed E-state index contributed by atoms with van der Waals surface area (Å²) in [7, 11) is 0. The van der Waals surface area contributed by atoms with Gasteiger partial charge in [0.15, 0.2) is 0 Å². The second kappa shape index (κ2) is 21.7. The molecule has 0 aromatic carbocycles. The van der Waals surface area contributed by atoms with Gasteiger partial charge in [0.25, 0.3) is 0 Å². The van der Waals surface area contributed by atoms with Gasteiger partial charge in [-0.2, -0.15) is 0 Å². The average Bonchev–Trinajstić information content (AvgIpc) is 3.09. The van der Waals surface area contributed by atoms with Gasteiger partial charge >= 0.3 is 0 Å². The van der Waals surface area contributed by atoms with E-state index in [4.69, 9.17) is 50.9 Å². The van der Waals surface area contributed by atoms with Gasteiger partial charge in [-0.3, -0.25) is 15.0 Å². The van der Waals surface area contributed by atoms with E-state index in [1.54, 1.807) is 18.6 Å². The molecule has 0 aliphatic carbocycles. The highest BCUT2D eigenvalue weighted by atomic mass is 32.1. The second-order valence-electron chi connectivity index (χ2n) is 10.5. The van der Waals surface area contributed by atoms with Crippen molar-refractivity contribution in [3.8, 4) is 0 Å². The number of nitrogens with one attached hydrogen (secondary N) is 3. The van der Waals surface area contributed by atoms with Crippen LogP contribution in [0.15, 0.2) is 73.2 Å². The van der Waals surface area contributed by atoms with Gasteiger partial charge in [-0.15, -0.1) is 0 Å².